The van der Waals surface area contributed by atoms with Gasteiger partial charge < -0.3 is 10.1 Å². The van der Waals surface area contributed by atoms with Gasteiger partial charge in [0.2, 0.25) is 5.88 Å². The topological polar surface area (TPSA) is 51.2 Å². The Hall–Kier alpha value is -2.88. The third-order valence-electron chi connectivity index (χ3n) is 3.93. The van der Waals surface area contributed by atoms with Crippen molar-refractivity contribution < 1.29 is 9.53 Å². The predicted molar refractivity (Wildman–Crippen MR) is 95.2 cm³/mol. The number of benzene rings is 2. The molecule has 1 unspecified atom stereocenters. The Kier molecular flexibility index (Phi) is 4.75. The third kappa shape index (κ3) is 3.23. The summed E-state index contributed by atoms with van der Waals surface area (Å²) in [5.41, 5.74) is 1.54. The lowest BCUT2D eigenvalue weighted by molar-refractivity contribution is 0.0935. The molecule has 0 saturated carbocycles. The maximum Gasteiger partial charge on any atom is 0.257 e. The highest BCUT2D eigenvalue weighted by Crippen LogP contribution is 2.25. The first kappa shape index (κ1) is 16.0. The minimum atomic E-state index is -0.188. The summed E-state index contributed by atoms with van der Waals surface area (Å²) in [6.45, 7) is 4.32. The van der Waals surface area contributed by atoms with E-state index in [1.807, 2.05) is 38.1 Å². The molecule has 4 nitrogen and oxygen atoms in total. The first-order valence-corrected chi connectivity index (χ1v) is 8.07. The Morgan fingerprint density at radius 2 is 1.92 bits per heavy atom. The van der Waals surface area contributed by atoms with Crippen molar-refractivity contribution in [2.75, 3.05) is 6.61 Å². The van der Waals surface area contributed by atoms with Crippen molar-refractivity contribution in [2.24, 2.45) is 0 Å². The molecule has 0 saturated heterocycles. The highest BCUT2D eigenvalue weighted by Gasteiger charge is 2.17. The number of hydrogen-bond donors (Lipinski definition) is 1. The van der Waals surface area contributed by atoms with E-state index in [4.69, 9.17) is 4.74 Å². The zero-order chi connectivity index (χ0) is 16.9. The molecule has 24 heavy (non-hydrogen) atoms. The van der Waals surface area contributed by atoms with E-state index in [0.717, 1.165) is 16.3 Å². The van der Waals surface area contributed by atoms with Gasteiger partial charge in [-0.05, 0) is 42.3 Å². The van der Waals surface area contributed by atoms with Crippen LogP contribution in [0.4, 0.5) is 0 Å². The van der Waals surface area contributed by atoms with Crippen LogP contribution in [0.5, 0.6) is 5.88 Å². The molecular formula is C20H20N2O2. The van der Waals surface area contributed by atoms with Crippen molar-refractivity contribution in [3.63, 3.8) is 0 Å². The molecule has 0 aliphatic carbocycles. The Morgan fingerprint density at radius 1 is 1.12 bits per heavy atom. The molecule has 0 radical (unpaired) electrons. The number of hydrogen-bond acceptors (Lipinski definition) is 3. The number of amides is 1. The molecule has 1 amide bonds. The van der Waals surface area contributed by atoms with E-state index in [-0.39, 0.29) is 11.9 Å². The summed E-state index contributed by atoms with van der Waals surface area (Å²) in [6, 6.07) is 17.6. The zero-order valence-corrected chi connectivity index (χ0v) is 13.8. The van der Waals surface area contributed by atoms with E-state index in [1.165, 1.54) is 0 Å². The Balaban J connectivity index is 1.86. The minimum absolute atomic E-state index is 0.127. The van der Waals surface area contributed by atoms with Gasteiger partial charge in [-0.25, -0.2) is 4.98 Å². The standard InChI is InChI=1S/C20H20N2O2/c1-3-24-20-18(12-7-13-21-20)19(23)22-14(2)16-11-6-9-15-8-4-5-10-17(15)16/h4-14H,3H2,1-2H3,(H,22,23). The van der Waals surface area contributed by atoms with Gasteiger partial charge in [0.15, 0.2) is 0 Å². The van der Waals surface area contributed by atoms with Crippen LogP contribution in [0.2, 0.25) is 0 Å². The van der Waals surface area contributed by atoms with Crippen LogP contribution in [-0.4, -0.2) is 17.5 Å². The largest absolute Gasteiger partial charge is 0.477 e. The van der Waals surface area contributed by atoms with Crippen LogP contribution in [0.3, 0.4) is 0 Å². The molecule has 3 rings (SSSR count). The molecule has 3 aromatic rings. The van der Waals surface area contributed by atoms with Crippen molar-refractivity contribution >= 4 is 16.7 Å². The van der Waals surface area contributed by atoms with Gasteiger partial charge in [-0.1, -0.05) is 42.5 Å². The van der Waals surface area contributed by atoms with Crippen LogP contribution >= 0.6 is 0 Å². The molecular weight excluding hydrogens is 300 g/mol. The molecule has 1 N–H and O–H groups in total. The number of fused-ring (bicyclic) bond motifs is 1. The molecule has 122 valence electrons. The summed E-state index contributed by atoms with van der Waals surface area (Å²) in [4.78, 5) is 16.8. The predicted octanol–water partition coefficient (Wildman–Crippen LogP) is 4.12. The summed E-state index contributed by atoms with van der Waals surface area (Å²) in [5.74, 6) is 0.176. The normalized spacial score (nSPS) is 11.9. The SMILES string of the molecule is CCOc1ncccc1C(=O)NC(C)c1cccc2ccccc12. The molecule has 0 aliphatic heterocycles. The monoisotopic (exact) mass is 320 g/mol. The van der Waals surface area contributed by atoms with Crippen LogP contribution in [0.25, 0.3) is 10.8 Å². The first-order chi connectivity index (χ1) is 11.7. The first-order valence-electron chi connectivity index (χ1n) is 8.07. The van der Waals surface area contributed by atoms with Crippen molar-refractivity contribution in [3.8, 4) is 5.88 Å². The molecule has 0 aliphatic rings. The molecule has 0 bridgehead atoms. The quantitative estimate of drug-likeness (QED) is 0.769. The maximum atomic E-state index is 12.6. The van der Waals surface area contributed by atoms with Gasteiger partial charge >= 0.3 is 0 Å². The summed E-state index contributed by atoms with van der Waals surface area (Å²) in [5, 5.41) is 5.35. The Labute approximate surface area is 141 Å². The number of pyridine rings is 1. The molecule has 1 atom stereocenters. The van der Waals surface area contributed by atoms with E-state index in [1.54, 1.807) is 18.3 Å². The van der Waals surface area contributed by atoms with Crippen LogP contribution in [0.1, 0.15) is 35.8 Å². The molecule has 1 heterocycles. The van der Waals surface area contributed by atoms with E-state index >= 15 is 0 Å². The van der Waals surface area contributed by atoms with E-state index < -0.39 is 0 Å². The number of ether oxygens (including phenoxy) is 1. The Morgan fingerprint density at radius 3 is 2.75 bits per heavy atom. The molecule has 1 aromatic heterocycles. The van der Waals surface area contributed by atoms with Crippen molar-refractivity contribution in [2.45, 2.75) is 19.9 Å². The molecule has 4 heteroatoms. The fourth-order valence-corrected chi connectivity index (χ4v) is 2.80. The second kappa shape index (κ2) is 7.13. The second-order valence-electron chi connectivity index (χ2n) is 5.55. The van der Waals surface area contributed by atoms with Gasteiger partial charge in [0.1, 0.15) is 5.56 Å². The fraction of sp³-hybridized carbons (Fsp3) is 0.200. The van der Waals surface area contributed by atoms with Gasteiger partial charge in [0.05, 0.1) is 12.6 Å². The fourth-order valence-electron chi connectivity index (χ4n) is 2.80. The van der Waals surface area contributed by atoms with E-state index in [9.17, 15) is 4.79 Å². The highest BCUT2D eigenvalue weighted by molar-refractivity contribution is 5.97. The smallest absolute Gasteiger partial charge is 0.257 e. The summed E-state index contributed by atoms with van der Waals surface area (Å²) in [6.07, 6.45) is 1.62. The molecule has 0 spiro atoms. The second-order valence-corrected chi connectivity index (χ2v) is 5.55. The zero-order valence-electron chi connectivity index (χ0n) is 13.8. The van der Waals surface area contributed by atoms with Gasteiger partial charge in [0.25, 0.3) is 5.91 Å². The van der Waals surface area contributed by atoms with Gasteiger partial charge in [0, 0.05) is 6.20 Å². The lowest BCUT2D eigenvalue weighted by atomic mass is 9.99. The highest BCUT2D eigenvalue weighted by atomic mass is 16.5. The van der Waals surface area contributed by atoms with Gasteiger partial charge in [-0.2, -0.15) is 0 Å². The van der Waals surface area contributed by atoms with Crippen molar-refractivity contribution in [1.82, 2.24) is 10.3 Å². The molecule has 2 aromatic carbocycles. The van der Waals surface area contributed by atoms with Crippen LogP contribution in [-0.2, 0) is 0 Å². The third-order valence-corrected chi connectivity index (χ3v) is 3.93. The summed E-state index contributed by atoms with van der Waals surface area (Å²) >= 11 is 0. The van der Waals surface area contributed by atoms with Gasteiger partial charge in [-0.3, -0.25) is 4.79 Å². The average Bonchev–Trinajstić information content (AvgIpc) is 2.62. The van der Waals surface area contributed by atoms with Gasteiger partial charge in [-0.15, -0.1) is 0 Å². The average molecular weight is 320 g/mol. The van der Waals surface area contributed by atoms with Crippen LogP contribution in [0, 0.1) is 0 Å². The van der Waals surface area contributed by atoms with Crippen molar-refractivity contribution in [1.29, 1.82) is 0 Å². The Bertz CT molecular complexity index is 856. The number of carbonyl (C=O) groups is 1. The lowest BCUT2D eigenvalue weighted by Gasteiger charge is -2.17. The number of carbonyl (C=O) groups excluding carboxylic acids is 1. The number of aromatic nitrogens is 1. The summed E-state index contributed by atoms with van der Waals surface area (Å²) < 4.78 is 5.44. The van der Waals surface area contributed by atoms with E-state index in [0.29, 0.717) is 18.1 Å². The van der Waals surface area contributed by atoms with Crippen molar-refractivity contribution in [3.05, 3.63) is 71.9 Å². The minimum Gasteiger partial charge on any atom is -0.477 e. The number of nitrogens with zero attached hydrogens (tertiary/aromatic N) is 1. The lowest BCUT2D eigenvalue weighted by Crippen LogP contribution is -2.27. The molecule has 0 fully saturated rings. The van der Waals surface area contributed by atoms with Crippen LogP contribution in [0.15, 0.2) is 60.8 Å². The number of rotatable bonds is 5. The van der Waals surface area contributed by atoms with E-state index in [2.05, 4.69) is 28.5 Å². The number of nitrogens with one attached hydrogen (secondary N) is 1. The summed E-state index contributed by atoms with van der Waals surface area (Å²) in [7, 11) is 0. The maximum absolute atomic E-state index is 12.6. The van der Waals surface area contributed by atoms with Crippen LogP contribution < -0.4 is 10.1 Å².